The molecule has 150 valence electrons. The lowest BCUT2D eigenvalue weighted by Gasteiger charge is -2.21. The van der Waals surface area contributed by atoms with E-state index in [1.54, 1.807) is 42.2 Å². The van der Waals surface area contributed by atoms with Crippen molar-refractivity contribution in [3.8, 4) is 0 Å². The van der Waals surface area contributed by atoms with E-state index in [1.165, 1.54) is 6.07 Å². The molecule has 0 spiro atoms. The van der Waals surface area contributed by atoms with Crippen molar-refractivity contribution in [1.29, 1.82) is 0 Å². The third-order valence-electron chi connectivity index (χ3n) is 5.00. The van der Waals surface area contributed by atoms with Crippen LogP contribution in [0.1, 0.15) is 27.9 Å². The molecule has 28 heavy (non-hydrogen) atoms. The van der Waals surface area contributed by atoms with Crippen LogP contribution in [0.15, 0.2) is 47.4 Å². The number of amides is 1. The van der Waals surface area contributed by atoms with Gasteiger partial charge in [0.15, 0.2) is 0 Å². The summed E-state index contributed by atoms with van der Waals surface area (Å²) in [6.45, 7) is 6.74. The minimum atomic E-state index is -3.79. The SMILES string of the molecule is Cc1cccc(NS(=O)(=O)c2cc(C(=O)N3CCCN(C)CC3)ccc2C)c1. The molecule has 0 atom stereocenters. The van der Waals surface area contributed by atoms with Crippen LogP contribution in [0.25, 0.3) is 0 Å². The van der Waals surface area contributed by atoms with Gasteiger partial charge >= 0.3 is 0 Å². The summed E-state index contributed by atoms with van der Waals surface area (Å²) in [4.78, 5) is 17.1. The normalized spacial score (nSPS) is 15.9. The molecular weight excluding hydrogens is 374 g/mol. The number of hydrogen-bond donors (Lipinski definition) is 1. The van der Waals surface area contributed by atoms with E-state index in [9.17, 15) is 13.2 Å². The number of nitrogens with one attached hydrogen (secondary N) is 1. The summed E-state index contributed by atoms with van der Waals surface area (Å²) in [5.41, 5.74) is 2.48. The van der Waals surface area contributed by atoms with Crippen molar-refractivity contribution in [2.24, 2.45) is 0 Å². The quantitative estimate of drug-likeness (QED) is 0.855. The van der Waals surface area contributed by atoms with Crippen molar-refractivity contribution >= 4 is 21.6 Å². The van der Waals surface area contributed by atoms with E-state index in [0.29, 0.717) is 29.9 Å². The van der Waals surface area contributed by atoms with E-state index < -0.39 is 10.0 Å². The maximum Gasteiger partial charge on any atom is 0.262 e. The van der Waals surface area contributed by atoms with Gasteiger partial charge < -0.3 is 9.80 Å². The van der Waals surface area contributed by atoms with E-state index in [0.717, 1.165) is 25.1 Å². The largest absolute Gasteiger partial charge is 0.337 e. The molecule has 3 rings (SSSR count). The summed E-state index contributed by atoms with van der Waals surface area (Å²) in [6, 6.07) is 12.1. The van der Waals surface area contributed by atoms with Crippen LogP contribution in [0.5, 0.6) is 0 Å². The Bertz CT molecular complexity index is 973. The molecule has 2 aromatic carbocycles. The molecule has 1 heterocycles. The number of sulfonamides is 1. The van der Waals surface area contributed by atoms with Gasteiger partial charge in [-0.3, -0.25) is 9.52 Å². The highest BCUT2D eigenvalue weighted by atomic mass is 32.2. The van der Waals surface area contributed by atoms with Crippen LogP contribution in [-0.2, 0) is 10.0 Å². The zero-order valence-corrected chi connectivity index (χ0v) is 17.4. The Balaban J connectivity index is 1.87. The van der Waals surface area contributed by atoms with Gasteiger partial charge in [0.2, 0.25) is 0 Å². The van der Waals surface area contributed by atoms with E-state index in [2.05, 4.69) is 9.62 Å². The second kappa shape index (κ2) is 8.32. The second-order valence-electron chi connectivity index (χ2n) is 7.40. The lowest BCUT2D eigenvalue weighted by Crippen LogP contribution is -2.34. The van der Waals surface area contributed by atoms with Gasteiger partial charge in [-0.15, -0.1) is 0 Å². The maximum absolute atomic E-state index is 12.9. The third-order valence-corrected chi connectivity index (χ3v) is 6.52. The standard InChI is InChI=1S/C21H27N3O3S/c1-16-6-4-7-19(14-16)22-28(26,27)20-15-18(9-8-17(20)2)21(25)24-11-5-10-23(3)12-13-24/h4,6-9,14-15,22H,5,10-13H2,1-3H3. The fourth-order valence-corrected chi connectivity index (χ4v) is 4.69. The molecule has 0 radical (unpaired) electrons. The molecule has 0 saturated carbocycles. The molecule has 0 unspecified atom stereocenters. The van der Waals surface area contributed by atoms with Crippen LogP contribution in [0.2, 0.25) is 0 Å². The first kappa shape index (κ1) is 20.4. The smallest absolute Gasteiger partial charge is 0.262 e. The van der Waals surface area contributed by atoms with Gasteiger partial charge in [-0.25, -0.2) is 8.42 Å². The molecule has 6 nitrogen and oxygen atoms in total. The number of nitrogens with zero attached hydrogens (tertiary/aromatic N) is 2. The zero-order chi connectivity index (χ0) is 20.3. The zero-order valence-electron chi connectivity index (χ0n) is 16.6. The Morgan fingerprint density at radius 1 is 1.00 bits per heavy atom. The van der Waals surface area contributed by atoms with Gasteiger partial charge in [0.05, 0.1) is 4.90 Å². The van der Waals surface area contributed by atoms with Gasteiger partial charge in [-0.05, 0) is 69.3 Å². The number of anilines is 1. The summed E-state index contributed by atoms with van der Waals surface area (Å²) in [6.07, 6.45) is 0.911. The first-order valence-electron chi connectivity index (χ1n) is 9.44. The van der Waals surface area contributed by atoms with E-state index in [4.69, 9.17) is 0 Å². The number of carbonyl (C=O) groups excluding carboxylic acids is 1. The topological polar surface area (TPSA) is 69.7 Å². The van der Waals surface area contributed by atoms with Gasteiger partial charge in [0.1, 0.15) is 0 Å². The van der Waals surface area contributed by atoms with E-state index >= 15 is 0 Å². The predicted molar refractivity (Wildman–Crippen MR) is 111 cm³/mol. The molecule has 1 aliphatic heterocycles. The number of hydrogen-bond acceptors (Lipinski definition) is 4. The van der Waals surface area contributed by atoms with Crippen molar-refractivity contribution in [2.75, 3.05) is 37.9 Å². The Morgan fingerprint density at radius 3 is 2.54 bits per heavy atom. The summed E-state index contributed by atoms with van der Waals surface area (Å²) in [5.74, 6) is -0.123. The molecule has 1 amide bonds. The monoisotopic (exact) mass is 401 g/mol. The maximum atomic E-state index is 12.9. The highest BCUT2D eigenvalue weighted by Gasteiger charge is 2.23. The Morgan fingerprint density at radius 2 is 1.79 bits per heavy atom. The minimum Gasteiger partial charge on any atom is -0.337 e. The number of rotatable bonds is 4. The Kier molecular flexibility index (Phi) is 6.05. The van der Waals surface area contributed by atoms with Crippen molar-refractivity contribution in [2.45, 2.75) is 25.2 Å². The molecule has 1 N–H and O–H groups in total. The molecule has 1 fully saturated rings. The molecule has 0 aromatic heterocycles. The second-order valence-corrected chi connectivity index (χ2v) is 9.06. The lowest BCUT2D eigenvalue weighted by molar-refractivity contribution is 0.0762. The molecule has 2 aromatic rings. The molecule has 7 heteroatoms. The van der Waals surface area contributed by atoms with Crippen LogP contribution < -0.4 is 4.72 Å². The molecule has 0 bridgehead atoms. The number of aryl methyl sites for hydroxylation is 2. The fourth-order valence-electron chi connectivity index (χ4n) is 3.37. The average molecular weight is 402 g/mol. The fraction of sp³-hybridized carbons (Fsp3) is 0.381. The van der Waals surface area contributed by atoms with Crippen LogP contribution in [0.4, 0.5) is 5.69 Å². The number of carbonyl (C=O) groups is 1. The molecule has 0 aliphatic carbocycles. The first-order valence-corrected chi connectivity index (χ1v) is 10.9. The lowest BCUT2D eigenvalue weighted by atomic mass is 10.1. The Labute approximate surface area is 167 Å². The summed E-state index contributed by atoms with van der Waals surface area (Å²) < 4.78 is 28.5. The van der Waals surface area contributed by atoms with Crippen LogP contribution >= 0.6 is 0 Å². The van der Waals surface area contributed by atoms with Gasteiger partial charge in [0.25, 0.3) is 15.9 Å². The summed E-state index contributed by atoms with van der Waals surface area (Å²) in [7, 11) is -1.75. The van der Waals surface area contributed by atoms with Crippen LogP contribution in [-0.4, -0.2) is 57.4 Å². The summed E-state index contributed by atoms with van der Waals surface area (Å²) in [5, 5.41) is 0. The highest BCUT2D eigenvalue weighted by molar-refractivity contribution is 7.92. The number of likely N-dealkylation sites (N-methyl/N-ethyl adjacent to an activating group) is 1. The van der Waals surface area contributed by atoms with Gasteiger partial charge in [-0.2, -0.15) is 0 Å². The molecule has 1 saturated heterocycles. The molecular formula is C21H27N3O3S. The molecule has 1 aliphatic rings. The average Bonchev–Trinajstić information content (AvgIpc) is 2.85. The van der Waals surface area contributed by atoms with Crippen molar-refractivity contribution < 1.29 is 13.2 Å². The van der Waals surface area contributed by atoms with E-state index in [1.807, 2.05) is 20.0 Å². The highest BCUT2D eigenvalue weighted by Crippen LogP contribution is 2.22. The van der Waals surface area contributed by atoms with Crippen molar-refractivity contribution in [1.82, 2.24) is 9.80 Å². The predicted octanol–water partition coefficient (Wildman–Crippen LogP) is 2.88. The minimum absolute atomic E-state index is 0.123. The van der Waals surface area contributed by atoms with Crippen LogP contribution in [0.3, 0.4) is 0 Å². The van der Waals surface area contributed by atoms with Crippen molar-refractivity contribution in [3.63, 3.8) is 0 Å². The number of benzene rings is 2. The van der Waals surface area contributed by atoms with Gasteiger partial charge in [-0.1, -0.05) is 18.2 Å². The van der Waals surface area contributed by atoms with Gasteiger partial charge in [0, 0.05) is 30.9 Å². The third kappa shape index (κ3) is 4.72. The first-order chi connectivity index (χ1) is 13.3. The van der Waals surface area contributed by atoms with Crippen LogP contribution in [0, 0.1) is 13.8 Å². The Hall–Kier alpha value is -2.38. The summed E-state index contributed by atoms with van der Waals surface area (Å²) >= 11 is 0. The van der Waals surface area contributed by atoms with Crippen molar-refractivity contribution in [3.05, 3.63) is 59.2 Å². The van der Waals surface area contributed by atoms with E-state index in [-0.39, 0.29) is 10.8 Å².